The smallest absolute Gasteiger partial charge is 0.198 e. The molecular formula is C14H22N4O. The Morgan fingerprint density at radius 1 is 1.32 bits per heavy atom. The fourth-order valence-electron chi connectivity index (χ4n) is 2.31. The lowest BCUT2D eigenvalue weighted by atomic mass is 10.1. The van der Waals surface area contributed by atoms with Crippen LogP contribution in [0, 0.1) is 0 Å². The first-order valence-corrected chi connectivity index (χ1v) is 6.72. The van der Waals surface area contributed by atoms with E-state index in [1.165, 1.54) is 5.56 Å². The number of nitrogens with zero attached hydrogens (tertiary/aromatic N) is 2. The molecule has 1 aromatic carbocycles. The van der Waals surface area contributed by atoms with Crippen molar-refractivity contribution in [3.8, 4) is 5.75 Å². The van der Waals surface area contributed by atoms with Gasteiger partial charge in [0.15, 0.2) is 5.95 Å². The monoisotopic (exact) mass is 262 g/mol. The number of nitrogens with two attached hydrogens (primary N) is 1. The van der Waals surface area contributed by atoms with Crippen LogP contribution in [0.4, 0.5) is 5.95 Å². The molecule has 0 spiro atoms. The van der Waals surface area contributed by atoms with Gasteiger partial charge in [0.05, 0.1) is 18.1 Å². The van der Waals surface area contributed by atoms with Gasteiger partial charge in [-0.15, -0.1) is 0 Å². The number of fused-ring (bicyclic) bond motifs is 1. The van der Waals surface area contributed by atoms with Gasteiger partial charge in [0.25, 0.3) is 0 Å². The molecule has 1 aromatic heterocycles. The first kappa shape index (κ1) is 13.7. The lowest BCUT2D eigenvalue weighted by molar-refractivity contribution is 0.308. The molecule has 0 fully saturated rings. The van der Waals surface area contributed by atoms with Gasteiger partial charge in [-0.1, -0.05) is 13.8 Å². The van der Waals surface area contributed by atoms with Gasteiger partial charge in [-0.3, -0.25) is 0 Å². The summed E-state index contributed by atoms with van der Waals surface area (Å²) in [7, 11) is 1.68. The molecule has 2 rings (SSSR count). The highest BCUT2D eigenvalue weighted by Gasteiger charge is 2.10. The number of imidazole rings is 1. The number of likely N-dealkylation sites (N-methyl/N-ethyl adjacent to an activating group) is 1. The van der Waals surface area contributed by atoms with E-state index in [0.29, 0.717) is 5.95 Å². The van der Waals surface area contributed by atoms with Crippen molar-refractivity contribution in [2.75, 3.05) is 32.5 Å². The molecule has 1 heterocycles. The van der Waals surface area contributed by atoms with Crippen LogP contribution in [0.25, 0.3) is 11.0 Å². The number of H-pyrrole nitrogens is 1. The molecule has 0 atom stereocenters. The van der Waals surface area contributed by atoms with Crippen LogP contribution in [0.2, 0.25) is 0 Å². The number of anilines is 1. The van der Waals surface area contributed by atoms with E-state index in [1.54, 1.807) is 7.11 Å². The average Bonchev–Trinajstić information content (AvgIpc) is 2.79. The van der Waals surface area contributed by atoms with Crippen molar-refractivity contribution >= 4 is 17.0 Å². The van der Waals surface area contributed by atoms with Crippen LogP contribution in [0.15, 0.2) is 12.1 Å². The number of benzene rings is 1. The summed E-state index contributed by atoms with van der Waals surface area (Å²) < 4.78 is 5.33. The summed E-state index contributed by atoms with van der Waals surface area (Å²) in [4.78, 5) is 9.82. The van der Waals surface area contributed by atoms with E-state index in [1.807, 2.05) is 12.1 Å². The first-order valence-electron chi connectivity index (χ1n) is 6.72. The maximum atomic E-state index is 5.74. The Morgan fingerprint density at radius 3 is 2.68 bits per heavy atom. The minimum absolute atomic E-state index is 0.451. The van der Waals surface area contributed by atoms with Crippen molar-refractivity contribution in [3.05, 3.63) is 17.7 Å². The first-order chi connectivity index (χ1) is 9.17. The van der Waals surface area contributed by atoms with E-state index < -0.39 is 0 Å². The van der Waals surface area contributed by atoms with Crippen molar-refractivity contribution in [3.63, 3.8) is 0 Å². The number of methoxy groups -OCH3 is 1. The number of aromatic nitrogens is 2. The SMILES string of the molecule is CCN(CC)CCc1cc(OC)cc2[nH]c(N)nc12. The van der Waals surface area contributed by atoms with Crippen molar-refractivity contribution in [2.24, 2.45) is 0 Å². The summed E-state index contributed by atoms with van der Waals surface area (Å²) in [5, 5.41) is 0. The predicted molar refractivity (Wildman–Crippen MR) is 78.6 cm³/mol. The molecule has 0 aliphatic carbocycles. The van der Waals surface area contributed by atoms with Crippen molar-refractivity contribution in [1.82, 2.24) is 14.9 Å². The zero-order valence-corrected chi connectivity index (χ0v) is 11.9. The number of nitrogen functional groups attached to an aromatic ring is 1. The Bertz CT molecular complexity index is 546. The standard InChI is InChI=1S/C14H22N4O/c1-4-18(5-2)7-6-10-8-11(19-3)9-12-13(10)17-14(15)16-12/h8-9H,4-7H2,1-3H3,(H3,15,16,17). The van der Waals surface area contributed by atoms with Gasteiger partial charge >= 0.3 is 0 Å². The maximum absolute atomic E-state index is 5.74. The van der Waals surface area contributed by atoms with Gasteiger partial charge in [0.1, 0.15) is 5.75 Å². The van der Waals surface area contributed by atoms with Crippen molar-refractivity contribution < 1.29 is 4.74 Å². The molecule has 3 N–H and O–H groups in total. The molecule has 0 bridgehead atoms. The van der Waals surface area contributed by atoms with E-state index in [9.17, 15) is 0 Å². The van der Waals surface area contributed by atoms with Crippen LogP contribution < -0.4 is 10.5 Å². The zero-order valence-electron chi connectivity index (χ0n) is 11.9. The van der Waals surface area contributed by atoms with Crippen LogP contribution in [-0.4, -0.2) is 41.6 Å². The Labute approximate surface area is 113 Å². The zero-order chi connectivity index (χ0) is 13.8. The van der Waals surface area contributed by atoms with Crippen LogP contribution in [-0.2, 0) is 6.42 Å². The molecule has 5 nitrogen and oxygen atoms in total. The van der Waals surface area contributed by atoms with E-state index in [0.717, 1.165) is 42.8 Å². The summed E-state index contributed by atoms with van der Waals surface area (Å²) in [6.07, 6.45) is 0.944. The Kier molecular flexibility index (Phi) is 4.27. The van der Waals surface area contributed by atoms with Crippen LogP contribution >= 0.6 is 0 Å². The number of hydrogen-bond donors (Lipinski definition) is 2. The predicted octanol–water partition coefficient (Wildman–Crippen LogP) is 2.04. The lowest BCUT2D eigenvalue weighted by Gasteiger charge is -2.18. The number of nitrogens with one attached hydrogen (secondary N) is 1. The van der Waals surface area contributed by atoms with E-state index in [4.69, 9.17) is 10.5 Å². The van der Waals surface area contributed by atoms with Crippen LogP contribution in [0.3, 0.4) is 0 Å². The fourth-order valence-corrected chi connectivity index (χ4v) is 2.31. The highest BCUT2D eigenvalue weighted by Crippen LogP contribution is 2.25. The van der Waals surface area contributed by atoms with Gasteiger partial charge in [-0.2, -0.15) is 0 Å². The quantitative estimate of drug-likeness (QED) is 0.836. The highest BCUT2D eigenvalue weighted by atomic mass is 16.5. The molecule has 0 saturated carbocycles. The molecule has 19 heavy (non-hydrogen) atoms. The van der Waals surface area contributed by atoms with E-state index in [2.05, 4.69) is 28.7 Å². The van der Waals surface area contributed by atoms with Crippen LogP contribution in [0.1, 0.15) is 19.4 Å². The largest absolute Gasteiger partial charge is 0.497 e. The summed E-state index contributed by atoms with van der Waals surface area (Å²) in [6, 6.07) is 3.98. The third-order valence-corrected chi connectivity index (χ3v) is 3.48. The molecule has 0 aliphatic rings. The average molecular weight is 262 g/mol. The van der Waals surface area contributed by atoms with Gasteiger partial charge < -0.3 is 20.4 Å². The molecule has 0 aliphatic heterocycles. The normalized spacial score (nSPS) is 11.4. The fraction of sp³-hybridized carbons (Fsp3) is 0.500. The Balaban J connectivity index is 2.29. The molecule has 0 saturated heterocycles. The lowest BCUT2D eigenvalue weighted by Crippen LogP contribution is -2.25. The number of aromatic amines is 1. The third kappa shape index (κ3) is 2.98. The molecule has 2 aromatic rings. The summed E-state index contributed by atoms with van der Waals surface area (Å²) in [6.45, 7) is 7.50. The van der Waals surface area contributed by atoms with Crippen molar-refractivity contribution in [2.45, 2.75) is 20.3 Å². The molecule has 0 unspecified atom stereocenters. The van der Waals surface area contributed by atoms with Gasteiger partial charge in [0.2, 0.25) is 0 Å². The molecule has 5 heteroatoms. The summed E-state index contributed by atoms with van der Waals surface area (Å²) >= 11 is 0. The number of ether oxygens (including phenoxy) is 1. The maximum Gasteiger partial charge on any atom is 0.198 e. The van der Waals surface area contributed by atoms with Gasteiger partial charge in [0, 0.05) is 12.6 Å². The second-order valence-corrected chi connectivity index (χ2v) is 4.58. The van der Waals surface area contributed by atoms with E-state index >= 15 is 0 Å². The topological polar surface area (TPSA) is 67.2 Å². The highest BCUT2D eigenvalue weighted by molar-refractivity contribution is 5.82. The van der Waals surface area contributed by atoms with Crippen LogP contribution in [0.5, 0.6) is 5.75 Å². The second kappa shape index (κ2) is 5.93. The molecule has 104 valence electrons. The summed E-state index contributed by atoms with van der Waals surface area (Å²) in [5.41, 5.74) is 8.80. The van der Waals surface area contributed by atoms with E-state index in [-0.39, 0.29) is 0 Å². The van der Waals surface area contributed by atoms with Crippen molar-refractivity contribution in [1.29, 1.82) is 0 Å². The molecule has 0 radical (unpaired) electrons. The minimum Gasteiger partial charge on any atom is -0.497 e. The molecular weight excluding hydrogens is 240 g/mol. The summed E-state index contributed by atoms with van der Waals surface area (Å²) in [5.74, 6) is 1.29. The number of rotatable bonds is 6. The second-order valence-electron chi connectivity index (χ2n) is 4.58. The molecule has 0 amide bonds. The Hall–Kier alpha value is -1.75. The number of hydrogen-bond acceptors (Lipinski definition) is 4. The van der Waals surface area contributed by atoms with Gasteiger partial charge in [-0.05, 0) is 31.1 Å². The third-order valence-electron chi connectivity index (χ3n) is 3.48. The Morgan fingerprint density at radius 2 is 2.05 bits per heavy atom. The van der Waals surface area contributed by atoms with Gasteiger partial charge in [-0.25, -0.2) is 4.98 Å². The minimum atomic E-state index is 0.451.